The van der Waals surface area contributed by atoms with Gasteiger partial charge in [0.1, 0.15) is 17.9 Å². The molecule has 2 aromatic heterocycles. The zero-order chi connectivity index (χ0) is 25.2. The molecule has 1 aliphatic rings. The van der Waals surface area contributed by atoms with Gasteiger partial charge in [0.25, 0.3) is 0 Å². The number of fused-ring (bicyclic) bond motifs is 1. The molecule has 0 aliphatic carbocycles. The van der Waals surface area contributed by atoms with Crippen LogP contribution in [0, 0.1) is 0 Å². The van der Waals surface area contributed by atoms with Crippen LogP contribution in [0.15, 0.2) is 91.4 Å². The Labute approximate surface area is 221 Å². The van der Waals surface area contributed by atoms with Crippen molar-refractivity contribution < 1.29 is 4.74 Å². The largest absolute Gasteiger partial charge is 0.494 e. The van der Waals surface area contributed by atoms with E-state index in [1.807, 2.05) is 43.3 Å². The van der Waals surface area contributed by atoms with Crippen molar-refractivity contribution in [3.05, 3.63) is 96.4 Å². The fourth-order valence-corrected chi connectivity index (χ4v) is 5.31. The average molecular weight is 510 g/mol. The summed E-state index contributed by atoms with van der Waals surface area (Å²) in [4.78, 5) is 14.3. The van der Waals surface area contributed by atoms with Crippen molar-refractivity contribution in [2.45, 2.75) is 6.92 Å². The molecule has 6 nitrogen and oxygen atoms in total. The van der Waals surface area contributed by atoms with Crippen molar-refractivity contribution in [2.75, 3.05) is 42.6 Å². The molecule has 0 radical (unpaired) electrons. The van der Waals surface area contributed by atoms with E-state index in [1.165, 1.54) is 0 Å². The van der Waals surface area contributed by atoms with Crippen LogP contribution in [0.2, 0.25) is 5.02 Å². The van der Waals surface area contributed by atoms with Gasteiger partial charge in [-0.2, -0.15) is 0 Å². The zero-order valence-corrected chi connectivity index (χ0v) is 21.5. The SMILES string of the molecule is CCOc1ccc(-n2cc(-c3ccccc3)c3c(N4CCN(c5ccccc5Cl)CC4)ncnc32)cc1. The first kappa shape index (κ1) is 23.4. The van der Waals surface area contributed by atoms with Crippen LogP contribution in [0.25, 0.3) is 27.8 Å². The van der Waals surface area contributed by atoms with E-state index in [0.29, 0.717) is 6.61 Å². The van der Waals surface area contributed by atoms with Crippen LogP contribution in [-0.4, -0.2) is 47.3 Å². The topological polar surface area (TPSA) is 46.4 Å². The number of aromatic nitrogens is 3. The van der Waals surface area contributed by atoms with Crippen LogP contribution < -0.4 is 14.5 Å². The van der Waals surface area contributed by atoms with Gasteiger partial charge < -0.3 is 19.1 Å². The Balaban J connectivity index is 1.40. The highest BCUT2D eigenvalue weighted by Gasteiger charge is 2.25. The highest BCUT2D eigenvalue weighted by Crippen LogP contribution is 2.37. The summed E-state index contributed by atoms with van der Waals surface area (Å²) in [6, 6.07) is 26.7. The first-order chi connectivity index (χ1) is 18.2. The molecule has 0 N–H and O–H groups in total. The Morgan fingerprint density at radius 1 is 0.811 bits per heavy atom. The Kier molecular flexibility index (Phi) is 6.41. The van der Waals surface area contributed by atoms with Crippen molar-refractivity contribution in [2.24, 2.45) is 0 Å². The second-order valence-corrected chi connectivity index (χ2v) is 9.43. The molecule has 1 saturated heterocycles. The van der Waals surface area contributed by atoms with Gasteiger partial charge in [0, 0.05) is 43.6 Å². The van der Waals surface area contributed by atoms with Crippen molar-refractivity contribution in [1.29, 1.82) is 0 Å². The minimum Gasteiger partial charge on any atom is -0.494 e. The van der Waals surface area contributed by atoms with E-state index < -0.39 is 0 Å². The van der Waals surface area contributed by atoms with E-state index in [4.69, 9.17) is 26.3 Å². The molecule has 0 atom stereocenters. The smallest absolute Gasteiger partial charge is 0.150 e. The average Bonchev–Trinajstić information content (AvgIpc) is 3.35. The summed E-state index contributed by atoms with van der Waals surface area (Å²) in [6.45, 7) is 6.07. The van der Waals surface area contributed by atoms with Crippen LogP contribution in [-0.2, 0) is 0 Å². The molecule has 5 aromatic rings. The maximum Gasteiger partial charge on any atom is 0.150 e. The number of hydrogen-bond acceptors (Lipinski definition) is 5. The van der Waals surface area contributed by atoms with Gasteiger partial charge in [0.15, 0.2) is 5.65 Å². The van der Waals surface area contributed by atoms with Gasteiger partial charge in [-0.3, -0.25) is 0 Å². The lowest BCUT2D eigenvalue weighted by atomic mass is 10.1. The second kappa shape index (κ2) is 10.1. The number of benzene rings is 3. The van der Waals surface area contributed by atoms with Gasteiger partial charge >= 0.3 is 0 Å². The van der Waals surface area contributed by atoms with E-state index in [9.17, 15) is 0 Å². The summed E-state index contributed by atoms with van der Waals surface area (Å²) in [5.41, 5.74) is 5.27. The van der Waals surface area contributed by atoms with Crippen LogP contribution in [0.5, 0.6) is 5.75 Å². The highest BCUT2D eigenvalue weighted by atomic mass is 35.5. The summed E-state index contributed by atoms with van der Waals surface area (Å²) in [6.07, 6.45) is 3.85. The van der Waals surface area contributed by atoms with E-state index in [-0.39, 0.29) is 0 Å². The quantitative estimate of drug-likeness (QED) is 0.262. The molecule has 3 heterocycles. The number of para-hydroxylation sites is 1. The first-order valence-corrected chi connectivity index (χ1v) is 13.0. The maximum atomic E-state index is 6.48. The van der Waals surface area contributed by atoms with Crippen molar-refractivity contribution in [3.63, 3.8) is 0 Å². The summed E-state index contributed by atoms with van der Waals surface area (Å²) in [5.74, 6) is 1.82. The Hall–Kier alpha value is -4.03. The highest BCUT2D eigenvalue weighted by molar-refractivity contribution is 6.33. The van der Waals surface area contributed by atoms with Gasteiger partial charge in [0.2, 0.25) is 0 Å². The molecule has 186 valence electrons. The molecule has 7 heteroatoms. The molecule has 0 unspecified atom stereocenters. The molecule has 0 amide bonds. The normalized spacial score (nSPS) is 13.8. The summed E-state index contributed by atoms with van der Waals surface area (Å²) >= 11 is 6.48. The molecular formula is C30H28ClN5O. The molecule has 6 rings (SSSR count). The lowest BCUT2D eigenvalue weighted by Gasteiger charge is -2.37. The van der Waals surface area contributed by atoms with E-state index >= 15 is 0 Å². The van der Waals surface area contributed by atoms with Gasteiger partial charge in [-0.15, -0.1) is 0 Å². The zero-order valence-electron chi connectivity index (χ0n) is 20.7. The summed E-state index contributed by atoms with van der Waals surface area (Å²) in [5, 5.41) is 1.85. The fraction of sp³-hybridized carbons (Fsp3) is 0.200. The minimum absolute atomic E-state index is 0.643. The van der Waals surface area contributed by atoms with Gasteiger partial charge in [-0.25, -0.2) is 9.97 Å². The number of ether oxygens (including phenoxy) is 1. The summed E-state index contributed by atoms with van der Waals surface area (Å²) in [7, 11) is 0. The van der Waals surface area contributed by atoms with Gasteiger partial charge in [-0.05, 0) is 48.9 Å². The third-order valence-corrected chi connectivity index (χ3v) is 7.17. The van der Waals surface area contributed by atoms with Crippen molar-refractivity contribution >= 4 is 34.1 Å². The monoisotopic (exact) mass is 509 g/mol. The third kappa shape index (κ3) is 4.49. The molecule has 0 bridgehead atoms. The number of hydrogen-bond donors (Lipinski definition) is 0. The van der Waals surface area contributed by atoms with E-state index in [0.717, 1.165) is 76.3 Å². The predicted molar refractivity (Wildman–Crippen MR) is 151 cm³/mol. The Bertz CT molecular complexity index is 1510. The summed E-state index contributed by atoms with van der Waals surface area (Å²) < 4.78 is 7.80. The molecule has 37 heavy (non-hydrogen) atoms. The third-order valence-electron chi connectivity index (χ3n) is 6.85. The second-order valence-electron chi connectivity index (χ2n) is 9.03. The molecule has 0 spiro atoms. The maximum absolute atomic E-state index is 6.48. The Morgan fingerprint density at radius 3 is 2.24 bits per heavy atom. The Morgan fingerprint density at radius 2 is 1.51 bits per heavy atom. The standard InChI is InChI=1S/C30H28ClN5O/c1-2-37-24-14-12-23(13-15-24)36-20-25(22-8-4-3-5-9-22)28-29(32-21-33-30(28)36)35-18-16-34(17-19-35)27-11-7-6-10-26(27)31/h3-15,20-21H,2,16-19H2,1H3. The molecule has 1 aliphatic heterocycles. The van der Waals surface area contributed by atoms with E-state index in [2.05, 4.69) is 63.0 Å². The van der Waals surface area contributed by atoms with E-state index in [1.54, 1.807) is 6.33 Å². The van der Waals surface area contributed by atoms with Crippen LogP contribution in [0.4, 0.5) is 11.5 Å². The van der Waals surface area contributed by atoms with Gasteiger partial charge in [0.05, 0.1) is 22.7 Å². The number of piperazine rings is 1. The number of halogens is 1. The van der Waals surface area contributed by atoms with Crippen LogP contribution >= 0.6 is 11.6 Å². The lowest BCUT2D eigenvalue weighted by molar-refractivity contribution is 0.340. The number of rotatable bonds is 6. The van der Waals surface area contributed by atoms with Crippen LogP contribution in [0.1, 0.15) is 6.92 Å². The number of anilines is 2. The van der Waals surface area contributed by atoms with Crippen molar-refractivity contribution in [3.8, 4) is 22.6 Å². The molecular weight excluding hydrogens is 482 g/mol. The lowest BCUT2D eigenvalue weighted by Crippen LogP contribution is -2.47. The van der Waals surface area contributed by atoms with Crippen molar-refractivity contribution in [1.82, 2.24) is 14.5 Å². The predicted octanol–water partition coefficient (Wildman–Crippen LogP) is 6.47. The van der Waals surface area contributed by atoms with Crippen LogP contribution in [0.3, 0.4) is 0 Å². The molecule has 3 aromatic carbocycles. The molecule has 0 saturated carbocycles. The number of nitrogens with zero attached hydrogens (tertiary/aromatic N) is 5. The fourth-order valence-electron chi connectivity index (χ4n) is 5.06. The first-order valence-electron chi connectivity index (χ1n) is 12.6. The van der Waals surface area contributed by atoms with Gasteiger partial charge in [-0.1, -0.05) is 54.1 Å². The minimum atomic E-state index is 0.643. The molecule has 1 fully saturated rings.